The largest absolute Gasteiger partial charge is 0.393 e. The van der Waals surface area contributed by atoms with Crippen molar-refractivity contribution in [2.24, 2.45) is 11.8 Å². The van der Waals surface area contributed by atoms with Crippen molar-refractivity contribution in [2.75, 3.05) is 6.61 Å². The highest BCUT2D eigenvalue weighted by Crippen LogP contribution is 2.34. The van der Waals surface area contributed by atoms with Crippen molar-refractivity contribution in [1.82, 2.24) is 0 Å². The molecule has 4 atom stereocenters. The van der Waals surface area contributed by atoms with Crippen molar-refractivity contribution in [1.29, 1.82) is 0 Å². The van der Waals surface area contributed by atoms with Gasteiger partial charge in [-0.3, -0.25) is 0 Å². The second-order valence-corrected chi connectivity index (χ2v) is 5.81. The maximum Gasteiger partial charge on any atom is 0.0576 e. The topological polar surface area (TPSA) is 29.5 Å². The lowest BCUT2D eigenvalue weighted by Crippen LogP contribution is -2.18. The van der Waals surface area contributed by atoms with Gasteiger partial charge in [-0.25, -0.2) is 0 Å². The Labute approximate surface area is 99.4 Å². The highest BCUT2D eigenvalue weighted by molar-refractivity contribution is 4.78. The molecule has 1 saturated carbocycles. The van der Waals surface area contributed by atoms with Crippen LogP contribution < -0.4 is 0 Å². The average Bonchev–Trinajstić information content (AvgIpc) is 2.89. The zero-order valence-corrected chi connectivity index (χ0v) is 10.5. The number of hydrogen-bond acceptors (Lipinski definition) is 2. The first kappa shape index (κ1) is 12.4. The predicted molar refractivity (Wildman–Crippen MR) is 65.3 cm³/mol. The average molecular weight is 226 g/mol. The van der Waals surface area contributed by atoms with Crippen LogP contribution >= 0.6 is 0 Å². The number of ether oxygens (including phenoxy) is 1. The Morgan fingerprint density at radius 1 is 1.31 bits per heavy atom. The zero-order valence-electron chi connectivity index (χ0n) is 10.5. The lowest BCUT2D eigenvalue weighted by Gasteiger charge is -2.18. The highest BCUT2D eigenvalue weighted by Gasteiger charge is 2.27. The highest BCUT2D eigenvalue weighted by atomic mass is 16.5. The molecule has 0 amide bonds. The minimum Gasteiger partial charge on any atom is -0.393 e. The summed E-state index contributed by atoms with van der Waals surface area (Å²) in [6.07, 6.45) is 9.97. The van der Waals surface area contributed by atoms with Gasteiger partial charge in [0, 0.05) is 6.61 Å². The van der Waals surface area contributed by atoms with Gasteiger partial charge in [0.2, 0.25) is 0 Å². The van der Waals surface area contributed by atoms with E-state index >= 15 is 0 Å². The molecule has 0 aromatic carbocycles. The van der Waals surface area contributed by atoms with E-state index < -0.39 is 0 Å². The second kappa shape index (κ2) is 6.02. The summed E-state index contributed by atoms with van der Waals surface area (Å²) >= 11 is 0. The third kappa shape index (κ3) is 3.46. The number of hydrogen-bond donors (Lipinski definition) is 1. The molecule has 0 spiro atoms. The van der Waals surface area contributed by atoms with Crippen molar-refractivity contribution >= 4 is 0 Å². The summed E-state index contributed by atoms with van der Waals surface area (Å²) in [6.45, 7) is 3.26. The lowest BCUT2D eigenvalue weighted by molar-refractivity contribution is 0.0774. The van der Waals surface area contributed by atoms with Gasteiger partial charge in [0.05, 0.1) is 12.2 Å². The van der Waals surface area contributed by atoms with Crippen molar-refractivity contribution < 1.29 is 9.84 Å². The van der Waals surface area contributed by atoms with Gasteiger partial charge in [-0.05, 0) is 56.8 Å². The molecule has 0 bridgehead atoms. The third-order valence-corrected chi connectivity index (χ3v) is 4.33. The molecule has 2 fully saturated rings. The molecule has 0 radical (unpaired) electrons. The van der Waals surface area contributed by atoms with Crippen LogP contribution in [0.2, 0.25) is 0 Å². The van der Waals surface area contributed by atoms with Crippen LogP contribution in [0.4, 0.5) is 0 Å². The molecule has 0 aromatic rings. The fourth-order valence-corrected chi connectivity index (χ4v) is 3.26. The van der Waals surface area contributed by atoms with Crippen LogP contribution in [0.3, 0.4) is 0 Å². The molecule has 1 heterocycles. The summed E-state index contributed by atoms with van der Waals surface area (Å²) in [5, 5.41) is 10.1. The van der Waals surface area contributed by atoms with Gasteiger partial charge in [-0.2, -0.15) is 0 Å². The molecular formula is C14H26O2. The molecular weight excluding hydrogens is 200 g/mol. The van der Waals surface area contributed by atoms with E-state index in [-0.39, 0.29) is 6.10 Å². The van der Waals surface area contributed by atoms with Crippen LogP contribution in [0.25, 0.3) is 0 Å². The molecule has 2 rings (SSSR count). The molecule has 2 heteroatoms. The Kier molecular flexibility index (Phi) is 4.66. The SMILES string of the molecule is CC1CCC(C(O)CCCC2CCCO2)C1. The zero-order chi connectivity index (χ0) is 11.4. The maximum absolute atomic E-state index is 10.1. The van der Waals surface area contributed by atoms with Gasteiger partial charge >= 0.3 is 0 Å². The van der Waals surface area contributed by atoms with E-state index in [1.54, 1.807) is 0 Å². The summed E-state index contributed by atoms with van der Waals surface area (Å²) in [6, 6.07) is 0. The second-order valence-electron chi connectivity index (χ2n) is 5.81. The van der Waals surface area contributed by atoms with E-state index in [0.29, 0.717) is 12.0 Å². The molecule has 16 heavy (non-hydrogen) atoms. The third-order valence-electron chi connectivity index (χ3n) is 4.33. The molecule has 4 unspecified atom stereocenters. The summed E-state index contributed by atoms with van der Waals surface area (Å²) in [5.41, 5.74) is 0. The molecule has 1 aliphatic heterocycles. The number of aliphatic hydroxyl groups is 1. The van der Waals surface area contributed by atoms with E-state index in [0.717, 1.165) is 31.8 Å². The van der Waals surface area contributed by atoms with Crippen LogP contribution in [0.1, 0.15) is 58.3 Å². The van der Waals surface area contributed by atoms with Crippen LogP contribution in [-0.4, -0.2) is 23.9 Å². The monoisotopic (exact) mass is 226 g/mol. The van der Waals surface area contributed by atoms with Crippen molar-refractivity contribution in [3.63, 3.8) is 0 Å². The van der Waals surface area contributed by atoms with Gasteiger partial charge in [-0.15, -0.1) is 0 Å². The molecule has 2 nitrogen and oxygen atoms in total. The first-order valence-corrected chi connectivity index (χ1v) is 7.05. The summed E-state index contributed by atoms with van der Waals surface area (Å²) < 4.78 is 5.60. The maximum atomic E-state index is 10.1. The summed E-state index contributed by atoms with van der Waals surface area (Å²) in [7, 11) is 0. The quantitative estimate of drug-likeness (QED) is 0.780. The Morgan fingerprint density at radius 2 is 2.19 bits per heavy atom. The van der Waals surface area contributed by atoms with Crippen LogP contribution in [0, 0.1) is 11.8 Å². The van der Waals surface area contributed by atoms with Crippen LogP contribution in [0.5, 0.6) is 0 Å². The van der Waals surface area contributed by atoms with Crippen molar-refractivity contribution in [3.8, 4) is 0 Å². The smallest absolute Gasteiger partial charge is 0.0576 e. The van der Waals surface area contributed by atoms with E-state index in [9.17, 15) is 5.11 Å². The van der Waals surface area contributed by atoms with Crippen molar-refractivity contribution in [3.05, 3.63) is 0 Å². The van der Waals surface area contributed by atoms with E-state index in [1.165, 1.54) is 32.1 Å². The first-order chi connectivity index (χ1) is 7.75. The van der Waals surface area contributed by atoms with Crippen molar-refractivity contribution in [2.45, 2.75) is 70.5 Å². The van der Waals surface area contributed by atoms with Crippen LogP contribution in [0.15, 0.2) is 0 Å². The first-order valence-electron chi connectivity index (χ1n) is 7.05. The van der Waals surface area contributed by atoms with E-state index in [1.807, 2.05) is 0 Å². The lowest BCUT2D eigenvalue weighted by atomic mass is 9.94. The Morgan fingerprint density at radius 3 is 2.81 bits per heavy atom. The standard InChI is InChI=1S/C14H26O2/c1-11-7-8-12(10-11)14(15)6-2-4-13-5-3-9-16-13/h11-15H,2-10H2,1H3. The fraction of sp³-hybridized carbons (Fsp3) is 1.00. The molecule has 1 N–H and O–H groups in total. The Bertz CT molecular complexity index is 199. The number of rotatable bonds is 5. The van der Waals surface area contributed by atoms with Crippen LogP contribution in [-0.2, 0) is 4.74 Å². The van der Waals surface area contributed by atoms with Gasteiger partial charge in [0.25, 0.3) is 0 Å². The molecule has 2 aliphatic rings. The van der Waals surface area contributed by atoms with Gasteiger partial charge < -0.3 is 9.84 Å². The van der Waals surface area contributed by atoms with E-state index in [2.05, 4.69) is 6.92 Å². The minimum absolute atomic E-state index is 0.0497. The molecule has 1 saturated heterocycles. The van der Waals surface area contributed by atoms with E-state index in [4.69, 9.17) is 4.74 Å². The summed E-state index contributed by atoms with van der Waals surface area (Å²) in [4.78, 5) is 0. The number of aliphatic hydroxyl groups excluding tert-OH is 1. The summed E-state index contributed by atoms with van der Waals surface area (Å²) in [5.74, 6) is 1.41. The molecule has 94 valence electrons. The minimum atomic E-state index is -0.0497. The molecule has 0 aromatic heterocycles. The van der Waals surface area contributed by atoms with Gasteiger partial charge in [0.15, 0.2) is 0 Å². The Balaban J connectivity index is 1.58. The van der Waals surface area contributed by atoms with Gasteiger partial charge in [0.1, 0.15) is 0 Å². The molecule has 1 aliphatic carbocycles. The van der Waals surface area contributed by atoms with Gasteiger partial charge in [-0.1, -0.05) is 13.3 Å². The predicted octanol–water partition coefficient (Wildman–Crippen LogP) is 3.13. The Hall–Kier alpha value is -0.0800. The normalized spacial score (nSPS) is 36.8. The fourth-order valence-electron chi connectivity index (χ4n) is 3.26.